The average Bonchev–Trinajstić information content (AvgIpc) is 2.97. The van der Waals surface area contributed by atoms with Crippen molar-refractivity contribution in [2.75, 3.05) is 37.4 Å². The van der Waals surface area contributed by atoms with E-state index in [-0.39, 0.29) is 5.91 Å². The minimum atomic E-state index is -0.0501. The zero-order valence-corrected chi connectivity index (χ0v) is 13.2. The van der Waals surface area contributed by atoms with Gasteiger partial charge in [-0.1, -0.05) is 6.07 Å². The Labute approximate surface area is 128 Å². The Balaban J connectivity index is 1.82. The van der Waals surface area contributed by atoms with E-state index in [0.29, 0.717) is 19.0 Å². The minimum absolute atomic E-state index is 0.0501. The number of anilines is 2. The quantitative estimate of drug-likeness (QED) is 0.796. The lowest BCUT2D eigenvalue weighted by atomic mass is 10.4. The van der Waals surface area contributed by atoms with Gasteiger partial charge in [0.25, 0.3) is 5.91 Å². The fourth-order valence-electron chi connectivity index (χ4n) is 1.71. The Morgan fingerprint density at radius 3 is 2.81 bits per heavy atom. The number of hydrogen-bond donors (Lipinski definition) is 2. The van der Waals surface area contributed by atoms with Crippen molar-refractivity contribution in [2.45, 2.75) is 6.92 Å². The number of amides is 1. The predicted molar refractivity (Wildman–Crippen MR) is 86.2 cm³/mol. The van der Waals surface area contributed by atoms with Crippen LogP contribution in [-0.2, 0) is 0 Å². The maximum Gasteiger partial charge on any atom is 0.261 e. The second kappa shape index (κ2) is 7.03. The van der Waals surface area contributed by atoms with Crippen molar-refractivity contribution < 1.29 is 4.79 Å². The number of aromatic nitrogens is 2. The fourth-order valence-corrected chi connectivity index (χ4v) is 2.35. The molecule has 0 aliphatic heterocycles. The van der Waals surface area contributed by atoms with Crippen molar-refractivity contribution >= 4 is 29.0 Å². The highest BCUT2D eigenvalue weighted by Crippen LogP contribution is 2.11. The monoisotopic (exact) mass is 305 g/mol. The maximum atomic E-state index is 11.7. The van der Waals surface area contributed by atoms with E-state index in [4.69, 9.17) is 0 Å². The van der Waals surface area contributed by atoms with Gasteiger partial charge in [0.05, 0.1) is 4.88 Å². The van der Waals surface area contributed by atoms with Crippen LogP contribution in [0.2, 0.25) is 0 Å². The molecule has 0 unspecified atom stereocenters. The third kappa shape index (κ3) is 4.42. The van der Waals surface area contributed by atoms with Gasteiger partial charge in [0.15, 0.2) is 0 Å². The van der Waals surface area contributed by atoms with Crippen molar-refractivity contribution in [1.29, 1.82) is 0 Å². The van der Waals surface area contributed by atoms with E-state index in [0.717, 1.165) is 16.4 Å². The summed E-state index contributed by atoms with van der Waals surface area (Å²) in [6, 6.07) is 5.59. The molecule has 0 radical (unpaired) electrons. The third-order valence-corrected chi connectivity index (χ3v) is 3.61. The largest absolute Gasteiger partial charge is 0.363 e. The number of carbonyl (C=O) groups excluding carboxylic acids is 1. The van der Waals surface area contributed by atoms with Crippen LogP contribution < -0.4 is 15.5 Å². The van der Waals surface area contributed by atoms with E-state index in [1.54, 1.807) is 6.07 Å². The van der Waals surface area contributed by atoms with Crippen LogP contribution in [0.4, 0.5) is 11.8 Å². The maximum absolute atomic E-state index is 11.7. The van der Waals surface area contributed by atoms with Crippen molar-refractivity contribution in [3.8, 4) is 0 Å². The summed E-state index contributed by atoms with van der Waals surface area (Å²) >= 11 is 1.43. The minimum Gasteiger partial charge on any atom is -0.363 e. The summed E-state index contributed by atoms with van der Waals surface area (Å²) in [5.74, 6) is 1.38. The Morgan fingerprint density at radius 2 is 2.14 bits per heavy atom. The van der Waals surface area contributed by atoms with Gasteiger partial charge in [-0.2, -0.15) is 4.98 Å². The molecular weight excluding hydrogens is 286 g/mol. The van der Waals surface area contributed by atoms with Gasteiger partial charge in [0, 0.05) is 38.9 Å². The molecule has 1 amide bonds. The van der Waals surface area contributed by atoms with Crippen LogP contribution in [0.1, 0.15) is 15.4 Å². The Morgan fingerprint density at radius 1 is 1.33 bits per heavy atom. The molecule has 0 aliphatic carbocycles. The van der Waals surface area contributed by atoms with Gasteiger partial charge in [-0.3, -0.25) is 4.79 Å². The third-order valence-electron chi connectivity index (χ3n) is 2.74. The van der Waals surface area contributed by atoms with E-state index in [9.17, 15) is 4.79 Å². The van der Waals surface area contributed by atoms with Crippen molar-refractivity contribution in [3.05, 3.63) is 34.2 Å². The Bertz CT molecular complexity index is 597. The number of thiophene rings is 1. The van der Waals surface area contributed by atoms with Gasteiger partial charge in [0.2, 0.25) is 5.95 Å². The van der Waals surface area contributed by atoms with Crippen molar-refractivity contribution in [1.82, 2.24) is 15.3 Å². The van der Waals surface area contributed by atoms with E-state index in [1.807, 2.05) is 43.4 Å². The van der Waals surface area contributed by atoms with Crippen molar-refractivity contribution in [3.63, 3.8) is 0 Å². The lowest BCUT2D eigenvalue weighted by molar-refractivity contribution is 0.0959. The average molecular weight is 305 g/mol. The number of nitrogens with one attached hydrogen (secondary N) is 2. The van der Waals surface area contributed by atoms with E-state index < -0.39 is 0 Å². The molecule has 0 saturated carbocycles. The van der Waals surface area contributed by atoms with Gasteiger partial charge in [-0.05, 0) is 18.4 Å². The number of carbonyl (C=O) groups is 1. The first-order valence-corrected chi connectivity index (χ1v) is 7.53. The predicted octanol–water partition coefficient (Wildman–Crippen LogP) is 1.75. The second-order valence-corrected chi connectivity index (χ2v) is 5.69. The summed E-state index contributed by atoms with van der Waals surface area (Å²) in [5.41, 5.74) is 0.902. The van der Waals surface area contributed by atoms with Crippen LogP contribution in [0.25, 0.3) is 0 Å². The number of nitrogens with zero attached hydrogens (tertiary/aromatic N) is 3. The Hall–Kier alpha value is -2.15. The van der Waals surface area contributed by atoms with Crippen molar-refractivity contribution in [2.24, 2.45) is 0 Å². The molecule has 2 aromatic rings. The van der Waals surface area contributed by atoms with Gasteiger partial charge < -0.3 is 15.5 Å². The van der Waals surface area contributed by atoms with E-state index >= 15 is 0 Å². The second-order valence-electron chi connectivity index (χ2n) is 4.75. The molecule has 7 heteroatoms. The molecule has 2 rings (SSSR count). The first kappa shape index (κ1) is 15.2. The lowest BCUT2D eigenvalue weighted by Crippen LogP contribution is -2.28. The first-order valence-electron chi connectivity index (χ1n) is 6.65. The molecule has 6 nitrogen and oxygen atoms in total. The standard InChI is InChI=1S/C14H19N5OS/c1-10-9-12(19(2)3)18-14(17-10)16-7-6-15-13(20)11-5-4-8-21-11/h4-5,8-9H,6-7H2,1-3H3,(H,15,20)(H,16,17,18). The molecular formula is C14H19N5OS. The summed E-state index contributed by atoms with van der Waals surface area (Å²) in [6.07, 6.45) is 0. The first-order chi connectivity index (χ1) is 10.1. The SMILES string of the molecule is Cc1cc(N(C)C)nc(NCCNC(=O)c2cccs2)n1. The summed E-state index contributed by atoms with van der Waals surface area (Å²) in [4.78, 5) is 23.1. The molecule has 0 aromatic carbocycles. The summed E-state index contributed by atoms with van der Waals surface area (Å²) in [7, 11) is 3.87. The molecule has 2 heterocycles. The van der Waals surface area contributed by atoms with E-state index in [1.165, 1.54) is 11.3 Å². The molecule has 0 saturated heterocycles. The zero-order chi connectivity index (χ0) is 15.2. The highest BCUT2D eigenvalue weighted by atomic mass is 32.1. The van der Waals surface area contributed by atoms with Crippen LogP contribution in [0.5, 0.6) is 0 Å². The molecule has 21 heavy (non-hydrogen) atoms. The highest BCUT2D eigenvalue weighted by Gasteiger charge is 2.06. The zero-order valence-electron chi connectivity index (χ0n) is 12.4. The van der Waals surface area contributed by atoms with Gasteiger partial charge in [-0.25, -0.2) is 4.98 Å². The lowest BCUT2D eigenvalue weighted by Gasteiger charge is -2.13. The summed E-state index contributed by atoms with van der Waals surface area (Å²) in [6.45, 7) is 3.02. The van der Waals surface area contributed by atoms with Gasteiger partial charge >= 0.3 is 0 Å². The molecule has 0 spiro atoms. The van der Waals surface area contributed by atoms with Crippen LogP contribution in [0, 0.1) is 6.92 Å². The van der Waals surface area contributed by atoms with Crippen LogP contribution in [0.3, 0.4) is 0 Å². The van der Waals surface area contributed by atoms with Crippen LogP contribution in [-0.4, -0.2) is 43.1 Å². The van der Waals surface area contributed by atoms with Gasteiger partial charge in [-0.15, -0.1) is 11.3 Å². The summed E-state index contributed by atoms with van der Waals surface area (Å²) in [5, 5.41) is 7.86. The molecule has 0 bridgehead atoms. The van der Waals surface area contributed by atoms with Gasteiger partial charge in [0.1, 0.15) is 5.82 Å². The number of rotatable bonds is 6. The molecule has 0 aliphatic rings. The Kier molecular flexibility index (Phi) is 5.10. The highest BCUT2D eigenvalue weighted by molar-refractivity contribution is 7.12. The topological polar surface area (TPSA) is 70.2 Å². The molecule has 0 atom stereocenters. The molecule has 2 aromatic heterocycles. The molecule has 0 fully saturated rings. The fraction of sp³-hybridized carbons (Fsp3) is 0.357. The smallest absolute Gasteiger partial charge is 0.261 e. The molecule has 2 N–H and O–H groups in total. The van der Waals surface area contributed by atoms with Crippen LogP contribution in [0.15, 0.2) is 23.6 Å². The number of hydrogen-bond acceptors (Lipinski definition) is 6. The summed E-state index contributed by atoms with van der Waals surface area (Å²) < 4.78 is 0. The van der Waals surface area contributed by atoms with Crippen LogP contribution >= 0.6 is 11.3 Å². The number of aryl methyl sites for hydroxylation is 1. The van der Waals surface area contributed by atoms with E-state index in [2.05, 4.69) is 20.6 Å². The normalized spacial score (nSPS) is 10.2. The molecule has 112 valence electrons.